The summed E-state index contributed by atoms with van der Waals surface area (Å²) in [7, 11) is 4.97. The number of carbonyl (C=O) groups is 2. The van der Waals surface area contributed by atoms with E-state index in [4.69, 9.17) is 9.47 Å². The number of aryl methyl sites for hydroxylation is 1. The Hall–Kier alpha value is -3.02. The average Bonchev–Trinajstić information content (AvgIpc) is 2.67. The predicted octanol–water partition coefficient (Wildman–Crippen LogP) is 3.24. The summed E-state index contributed by atoms with van der Waals surface area (Å²) in [5.41, 5.74) is 2.90. The van der Waals surface area contributed by atoms with Crippen LogP contribution >= 0.6 is 0 Å². The summed E-state index contributed by atoms with van der Waals surface area (Å²) in [6, 6.07) is 12.8. The van der Waals surface area contributed by atoms with E-state index in [9.17, 15) is 9.59 Å². The van der Waals surface area contributed by atoms with Crippen LogP contribution in [0, 0.1) is 6.92 Å². The summed E-state index contributed by atoms with van der Waals surface area (Å²) < 4.78 is 10.6. The first-order valence-corrected chi connectivity index (χ1v) is 9.12. The molecule has 6 nitrogen and oxygen atoms in total. The van der Waals surface area contributed by atoms with Crippen LogP contribution < -0.4 is 14.8 Å². The van der Waals surface area contributed by atoms with Gasteiger partial charge < -0.3 is 19.7 Å². The topological polar surface area (TPSA) is 67.9 Å². The Morgan fingerprint density at radius 2 is 1.75 bits per heavy atom. The Labute approximate surface area is 166 Å². The molecule has 0 bridgehead atoms. The van der Waals surface area contributed by atoms with E-state index >= 15 is 0 Å². The molecule has 0 aliphatic heterocycles. The molecule has 0 unspecified atom stereocenters. The van der Waals surface area contributed by atoms with E-state index in [1.807, 2.05) is 49.4 Å². The van der Waals surface area contributed by atoms with Crippen LogP contribution in [0.2, 0.25) is 0 Å². The summed E-state index contributed by atoms with van der Waals surface area (Å²) in [6.45, 7) is 3.88. The molecule has 0 heterocycles. The maximum atomic E-state index is 12.8. The van der Waals surface area contributed by atoms with E-state index in [2.05, 4.69) is 5.32 Å². The Morgan fingerprint density at radius 1 is 1.07 bits per heavy atom. The fourth-order valence-electron chi connectivity index (χ4n) is 3.04. The first-order chi connectivity index (χ1) is 13.3. The summed E-state index contributed by atoms with van der Waals surface area (Å²) in [4.78, 5) is 26.1. The van der Waals surface area contributed by atoms with Crippen molar-refractivity contribution in [1.29, 1.82) is 0 Å². The smallest absolute Gasteiger partial charge is 0.225 e. The van der Waals surface area contributed by atoms with Crippen molar-refractivity contribution in [2.45, 2.75) is 32.9 Å². The van der Waals surface area contributed by atoms with Gasteiger partial charge in [-0.2, -0.15) is 0 Å². The molecule has 1 N–H and O–H groups in total. The molecule has 0 fully saturated rings. The lowest BCUT2D eigenvalue weighted by atomic mass is 10.0. The third-order valence-corrected chi connectivity index (χ3v) is 4.54. The van der Waals surface area contributed by atoms with Crippen molar-refractivity contribution in [2.75, 3.05) is 21.3 Å². The minimum atomic E-state index is -0.405. The van der Waals surface area contributed by atoms with Crippen molar-refractivity contribution >= 4 is 11.8 Å². The van der Waals surface area contributed by atoms with Gasteiger partial charge in [0.25, 0.3) is 0 Å². The number of methoxy groups -OCH3 is 2. The number of ether oxygens (including phenoxy) is 2. The zero-order chi connectivity index (χ0) is 20.7. The number of hydrogen-bond acceptors (Lipinski definition) is 4. The third-order valence-electron chi connectivity index (χ3n) is 4.54. The second kappa shape index (κ2) is 9.78. The van der Waals surface area contributed by atoms with Crippen molar-refractivity contribution in [1.82, 2.24) is 10.2 Å². The number of amides is 2. The standard InChI is InChI=1S/C22H28N2O4/c1-15-6-11-21(28-5)18(12-15)14-24(3)22(26)13-20(23-16(2)25)17-7-9-19(27-4)10-8-17/h6-12,20H,13-14H2,1-5H3,(H,23,25)/t20-/m1/s1. The van der Waals surface area contributed by atoms with Crippen LogP contribution in [0.25, 0.3) is 0 Å². The van der Waals surface area contributed by atoms with Crippen LogP contribution in [0.4, 0.5) is 0 Å². The summed E-state index contributed by atoms with van der Waals surface area (Å²) >= 11 is 0. The number of carbonyl (C=O) groups excluding carboxylic acids is 2. The molecule has 0 aliphatic carbocycles. The molecule has 2 aromatic rings. The van der Waals surface area contributed by atoms with Crippen molar-refractivity contribution in [3.05, 3.63) is 59.2 Å². The second-order valence-electron chi connectivity index (χ2n) is 6.80. The monoisotopic (exact) mass is 384 g/mol. The van der Waals surface area contributed by atoms with Crippen LogP contribution in [0.5, 0.6) is 11.5 Å². The number of benzene rings is 2. The molecule has 0 radical (unpaired) electrons. The van der Waals surface area contributed by atoms with Crippen LogP contribution in [-0.4, -0.2) is 38.0 Å². The molecule has 2 aromatic carbocycles. The van der Waals surface area contributed by atoms with Gasteiger partial charge in [-0.25, -0.2) is 0 Å². The van der Waals surface area contributed by atoms with Gasteiger partial charge in [0.05, 0.1) is 26.7 Å². The van der Waals surface area contributed by atoms with Gasteiger partial charge in [0, 0.05) is 26.1 Å². The molecule has 0 spiro atoms. The van der Waals surface area contributed by atoms with E-state index in [0.29, 0.717) is 6.54 Å². The van der Waals surface area contributed by atoms with E-state index < -0.39 is 6.04 Å². The quantitative estimate of drug-likeness (QED) is 0.759. The molecule has 150 valence electrons. The van der Waals surface area contributed by atoms with E-state index in [0.717, 1.165) is 28.2 Å². The van der Waals surface area contributed by atoms with Crippen LogP contribution in [0.1, 0.15) is 36.1 Å². The summed E-state index contributed by atoms with van der Waals surface area (Å²) in [5.74, 6) is 1.22. The van der Waals surface area contributed by atoms with Crippen molar-refractivity contribution in [3.8, 4) is 11.5 Å². The molecule has 28 heavy (non-hydrogen) atoms. The molecule has 2 rings (SSSR count). The lowest BCUT2D eigenvalue weighted by molar-refractivity contribution is -0.131. The zero-order valence-electron chi connectivity index (χ0n) is 17.1. The molecular formula is C22H28N2O4. The largest absolute Gasteiger partial charge is 0.497 e. The minimum Gasteiger partial charge on any atom is -0.497 e. The maximum Gasteiger partial charge on any atom is 0.225 e. The van der Waals surface area contributed by atoms with Crippen LogP contribution in [0.15, 0.2) is 42.5 Å². The molecule has 1 atom stereocenters. The van der Waals surface area contributed by atoms with Gasteiger partial charge >= 0.3 is 0 Å². The zero-order valence-corrected chi connectivity index (χ0v) is 17.1. The van der Waals surface area contributed by atoms with Crippen LogP contribution in [-0.2, 0) is 16.1 Å². The summed E-state index contributed by atoms with van der Waals surface area (Å²) in [6.07, 6.45) is 0.163. The maximum absolute atomic E-state index is 12.8. The summed E-state index contributed by atoms with van der Waals surface area (Å²) in [5, 5.41) is 2.86. The van der Waals surface area contributed by atoms with Crippen molar-refractivity contribution < 1.29 is 19.1 Å². The lowest BCUT2D eigenvalue weighted by Crippen LogP contribution is -2.33. The van der Waals surface area contributed by atoms with Gasteiger partial charge in [0.15, 0.2) is 0 Å². The second-order valence-corrected chi connectivity index (χ2v) is 6.80. The highest BCUT2D eigenvalue weighted by Crippen LogP contribution is 2.24. The van der Waals surface area contributed by atoms with Crippen molar-refractivity contribution in [3.63, 3.8) is 0 Å². The van der Waals surface area contributed by atoms with Gasteiger partial charge in [0.2, 0.25) is 11.8 Å². The fourth-order valence-corrected chi connectivity index (χ4v) is 3.04. The molecule has 0 aliphatic rings. The Balaban J connectivity index is 2.13. The number of rotatable bonds is 8. The van der Waals surface area contributed by atoms with E-state index in [1.54, 1.807) is 26.2 Å². The number of hydrogen-bond donors (Lipinski definition) is 1. The van der Waals surface area contributed by atoms with Gasteiger partial charge in [-0.05, 0) is 30.7 Å². The molecule has 2 amide bonds. The molecule has 0 saturated heterocycles. The average molecular weight is 384 g/mol. The molecular weight excluding hydrogens is 356 g/mol. The molecule has 0 saturated carbocycles. The van der Waals surface area contributed by atoms with Crippen molar-refractivity contribution in [2.24, 2.45) is 0 Å². The predicted molar refractivity (Wildman–Crippen MR) is 108 cm³/mol. The Morgan fingerprint density at radius 3 is 2.32 bits per heavy atom. The highest BCUT2D eigenvalue weighted by atomic mass is 16.5. The highest BCUT2D eigenvalue weighted by molar-refractivity contribution is 5.79. The molecule has 6 heteroatoms. The van der Waals surface area contributed by atoms with Gasteiger partial charge in [-0.1, -0.05) is 29.8 Å². The van der Waals surface area contributed by atoms with Gasteiger partial charge in [0.1, 0.15) is 11.5 Å². The Kier molecular flexibility index (Phi) is 7.44. The number of nitrogens with one attached hydrogen (secondary N) is 1. The van der Waals surface area contributed by atoms with E-state index in [-0.39, 0.29) is 18.2 Å². The normalized spacial score (nSPS) is 11.5. The highest BCUT2D eigenvalue weighted by Gasteiger charge is 2.20. The minimum absolute atomic E-state index is 0.0712. The van der Waals surface area contributed by atoms with Gasteiger partial charge in [-0.3, -0.25) is 9.59 Å². The number of nitrogens with zero attached hydrogens (tertiary/aromatic N) is 1. The molecule has 0 aromatic heterocycles. The first kappa shape index (κ1) is 21.3. The first-order valence-electron chi connectivity index (χ1n) is 9.12. The van der Waals surface area contributed by atoms with E-state index in [1.165, 1.54) is 6.92 Å². The fraction of sp³-hybridized carbons (Fsp3) is 0.364. The van der Waals surface area contributed by atoms with Gasteiger partial charge in [-0.15, -0.1) is 0 Å². The third kappa shape index (κ3) is 5.74. The Bertz CT molecular complexity index is 818. The van der Waals surface area contributed by atoms with Crippen LogP contribution in [0.3, 0.4) is 0 Å². The lowest BCUT2D eigenvalue weighted by Gasteiger charge is -2.23. The SMILES string of the molecule is COc1ccc([C@@H](CC(=O)N(C)Cc2cc(C)ccc2OC)NC(C)=O)cc1.